The van der Waals surface area contributed by atoms with Crippen LogP contribution in [0.25, 0.3) is 0 Å². The van der Waals surface area contributed by atoms with E-state index in [1.165, 1.54) is 5.57 Å². The molecule has 1 unspecified atom stereocenters. The molecule has 0 spiro atoms. The molecule has 0 heteroatoms. The first-order valence-corrected chi connectivity index (χ1v) is 3.49. The van der Waals surface area contributed by atoms with Crippen LogP contribution in [0.15, 0.2) is 49.1 Å². The third kappa shape index (κ3) is 1.47. The maximum Gasteiger partial charge on any atom is 0.00496 e. The van der Waals surface area contributed by atoms with Gasteiger partial charge in [0.25, 0.3) is 0 Å². The van der Waals surface area contributed by atoms with E-state index in [0.29, 0.717) is 5.92 Å². The Balaban J connectivity index is 2.60. The van der Waals surface area contributed by atoms with Gasteiger partial charge in [0, 0.05) is 5.92 Å². The van der Waals surface area contributed by atoms with Gasteiger partial charge in [-0.25, -0.2) is 0 Å². The minimum absolute atomic E-state index is 0.488. The van der Waals surface area contributed by atoms with E-state index in [-0.39, 0.29) is 0 Å². The van der Waals surface area contributed by atoms with Crippen molar-refractivity contribution in [1.29, 1.82) is 0 Å². The fraction of sp³-hybridized carbons (Fsp3) is 0.200. The average molecular weight is 132 g/mol. The molecular weight excluding hydrogens is 120 g/mol. The summed E-state index contributed by atoms with van der Waals surface area (Å²) in [5.41, 5.74) is 1.18. The van der Waals surface area contributed by atoms with Crippen LogP contribution in [-0.4, -0.2) is 0 Å². The Hall–Kier alpha value is -1.04. The van der Waals surface area contributed by atoms with Crippen LogP contribution < -0.4 is 0 Å². The molecular formula is C10H12. The first-order valence-electron chi connectivity index (χ1n) is 3.49. The van der Waals surface area contributed by atoms with E-state index in [1.807, 2.05) is 18.2 Å². The van der Waals surface area contributed by atoms with Gasteiger partial charge in [0.05, 0.1) is 0 Å². The summed E-state index contributed by atoms with van der Waals surface area (Å²) < 4.78 is 0. The second-order valence-electron chi connectivity index (χ2n) is 2.45. The smallest absolute Gasteiger partial charge is 0.00496 e. The molecule has 0 aromatic heterocycles. The molecule has 0 amide bonds. The zero-order chi connectivity index (χ0) is 7.40. The van der Waals surface area contributed by atoms with Crippen LogP contribution in [0.3, 0.4) is 0 Å². The molecule has 1 rings (SSSR count). The minimum atomic E-state index is 0.488. The van der Waals surface area contributed by atoms with Gasteiger partial charge in [-0.1, -0.05) is 37.0 Å². The summed E-state index contributed by atoms with van der Waals surface area (Å²) in [6, 6.07) is 0. The normalized spacial score (nSPS) is 23.2. The van der Waals surface area contributed by atoms with Crippen molar-refractivity contribution < 1.29 is 0 Å². The minimum Gasteiger partial charge on any atom is -0.103 e. The van der Waals surface area contributed by atoms with Crippen LogP contribution in [0.4, 0.5) is 0 Å². The maximum absolute atomic E-state index is 3.93. The average Bonchev–Trinajstić information content (AvgIpc) is 1.94. The highest BCUT2D eigenvalue weighted by Crippen LogP contribution is 2.19. The summed E-state index contributed by atoms with van der Waals surface area (Å²) in [4.78, 5) is 0. The standard InChI is InChI=1S/C10H12/c1-3-6-10-8-5-4-7-9(10)2/h3-5,7-8,10H,1-2,6H2. The Bertz CT molecular complexity index is 194. The Morgan fingerprint density at radius 1 is 1.50 bits per heavy atom. The summed E-state index contributed by atoms with van der Waals surface area (Å²) in [6.45, 7) is 7.62. The Labute approximate surface area is 62.3 Å². The number of hydrogen-bond donors (Lipinski definition) is 0. The van der Waals surface area contributed by atoms with E-state index < -0.39 is 0 Å². The summed E-state index contributed by atoms with van der Waals surface area (Å²) in [6.07, 6.45) is 11.2. The van der Waals surface area contributed by atoms with Gasteiger partial charge in [-0.2, -0.15) is 0 Å². The summed E-state index contributed by atoms with van der Waals surface area (Å²) in [5.74, 6) is 0.488. The third-order valence-electron chi connectivity index (χ3n) is 1.66. The molecule has 0 nitrogen and oxygen atoms in total. The fourth-order valence-electron chi connectivity index (χ4n) is 1.03. The highest BCUT2D eigenvalue weighted by Gasteiger charge is 2.05. The van der Waals surface area contributed by atoms with Crippen LogP contribution in [0.1, 0.15) is 6.42 Å². The van der Waals surface area contributed by atoms with Gasteiger partial charge >= 0.3 is 0 Å². The monoisotopic (exact) mass is 132 g/mol. The molecule has 0 fully saturated rings. The SMILES string of the molecule is C=CCC1C=CC=CC1=C. The lowest BCUT2D eigenvalue weighted by Gasteiger charge is -2.12. The highest BCUT2D eigenvalue weighted by atomic mass is 14.1. The number of rotatable bonds is 2. The molecule has 10 heavy (non-hydrogen) atoms. The highest BCUT2D eigenvalue weighted by molar-refractivity contribution is 5.31. The number of hydrogen-bond acceptors (Lipinski definition) is 0. The lowest BCUT2D eigenvalue weighted by molar-refractivity contribution is 0.794. The van der Waals surface area contributed by atoms with Crippen molar-refractivity contribution in [2.24, 2.45) is 5.92 Å². The van der Waals surface area contributed by atoms with Crippen molar-refractivity contribution >= 4 is 0 Å². The molecule has 0 aliphatic heterocycles. The lowest BCUT2D eigenvalue weighted by atomic mass is 9.93. The molecule has 1 atom stereocenters. The van der Waals surface area contributed by atoms with Gasteiger partial charge in [-0.3, -0.25) is 0 Å². The van der Waals surface area contributed by atoms with Crippen LogP contribution in [0.2, 0.25) is 0 Å². The predicted molar refractivity (Wildman–Crippen MR) is 45.7 cm³/mol. The van der Waals surface area contributed by atoms with Crippen molar-refractivity contribution in [2.45, 2.75) is 6.42 Å². The molecule has 0 saturated heterocycles. The Kier molecular flexibility index (Phi) is 2.27. The molecule has 0 aromatic carbocycles. The first kappa shape index (κ1) is 7.07. The van der Waals surface area contributed by atoms with Gasteiger partial charge in [0.1, 0.15) is 0 Å². The molecule has 1 aliphatic rings. The maximum atomic E-state index is 3.93. The second kappa shape index (κ2) is 3.21. The van der Waals surface area contributed by atoms with Crippen molar-refractivity contribution in [2.75, 3.05) is 0 Å². The number of allylic oxidation sites excluding steroid dienone is 6. The molecule has 0 N–H and O–H groups in total. The molecule has 0 radical (unpaired) electrons. The summed E-state index contributed by atoms with van der Waals surface area (Å²) in [5, 5.41) is 0. The van der Waals surface area contributed by atoms with Crippen LogP contribution in [0.5, 0.6) is 0 Å². The molecule has 0 aromatic rings. The Morgan fingerprint density at radius 3 is 2.90 bits per heavy atom. The fourth-order valence-corrected chi connectivity index (χ4v) is 1.03. The van der Waals surface area contributed by atoms with Crippen molar-refractivity contribution in [1.82, 2.24) is 0 Å². The molecule has 0 bridgehead atoms. The van der Waals surface area contributed by atoms with E-state index in [9.17, 15) is 0 Å². The van der Waals surface area contributed by atoms with E-state index >= 15 is 0 Å². The van der Waals surface area contributed by atoms with Crippen molar-refractivity contribution in [3.05, 3.63) is 49.1 Å². The van der Waals surface area contributed by atoms with Gasteiger partial charge in [0.2, 0.25) is 0 Å². The second-order valence-corrected chi connectivity index (χ2v) is 2.45. The van der Waals surface area contributed by atoms with E-state index in [4.69, 9.17) is 0 Å². The summed E-state index contributed by atoms with van der Waals surface area (Å²) >= 11 is 0. The van der Waals surface area contributed by atoms with Gasteiger partial charge in [-0.05, 0) is 12.0 Å². The van der Waals surface area contributed by atoms with Crippen molar-refractivity contribution in [3.8, 4) is 0 Å². The van der Waals surface area contributed by atoms with Crippen LogP contribution >= 0.6 is 0 Å². The molecule has 1 aliphatic carbocycles. The zero-order valence-corrected chi connectivity index (χ0v) is 6.09. The van der Waals surface area contributed by atoms with Crippen molar-refractivity contribution in [3.63, 3.8) is 0 Å². The lowest BCUT2D eigenvalue weighted by Crippen LogP contribution is -1.98. The van der Waals surface area contributed by atoms with Gasteiger partial charge in [0.15, 0.2) is 0 Å². The quantitative estimate of drug-likeness (QED) is 0.507. The van der Waals surface area contributed by atoms with Crippen LogP contribution in [-0.2, 0) is 0 Å². The van der Waals surface area contributed by atoms with E-state index in [0.717, 1.165) is 6.42 Å². The predicted octanol–water partition coefficient (Wildman–Crippen LogP) is 2.86. The Morgan fingerprint density at radius 2 is 2.30 bits per heavy atom. The van der Waals surface area contributed by atoms with E-state index in [1.54, 1.807) is 0 Å². The molecule has 0 heterocycles. The zero-order valence-electron chi connectivity index (χ0n) is 6.09. The summed E-state index contributed by atoms with van der Waals surface area (Å²) in [7, 11) is 0. The van der Waals surface area contributed by atoms with Crippen LogP contribution in [0, 0.1) is 5.92 Å². The first-order chi connectivity index (χ1) is 4.84. The topological polar surface area (TPSA) is 0 Å². The largest absolute Gasteiger partial charge is 0.103 e. The van der Waals surface area contributed by atoms with E-state index in [2.05, 4.69) is 25.3 Å². The molecule has 52 valence electrons. The van der Waals surface area contributed by atoms with Gasteiger partial charge < -0.3 is 0 Å². The van der Waals surface area contributed by atoms with Gasteiger partial charge in [-0.15, -0.1) is 6.58 Å². The third-order valence-corrected chi connectivity index (χ3v) is 1.66. The molecule has 0 saturated carbocycles.